The molecule has 1 unspecified atom stereocenters. The van der Waals surface area contributed by atoms with E-state index in [4.69, 9.17) is 0 Å². The standard InChI is InChI=1S/C14H15BrN2O2/c1-16-12(14(18)19)11-7-17-4-2-3-8-5-9(15)6-10(11)13(8)17/h5-7,12,16H,2-4H2,1H3,(H,18,19). The second-order valence-electron chi connectivity index (χ2n) is 4.90. The van der Waals surface area contributed by atoms with Crippen LogP contribution in [0.2, 0.25) is 0 Å². The second kappa shape index (κ2) is 4.65. The maximum Gasteiger partial charge on any atom is 0.325 e. The third kappa shape index (κ3) is 1.97. The van der Waals surface area contributed by atoms with Gasteiger partial charge in [0, 0.05) is 28.2 Å². The zero-order valence-electron chi connectivity index (χ0n) is 10.6. The van der Waals surface area contributed by atoms with Crippen LogP contribution in [0.3, 0.4) is 0 Å². The van der Waals surface area contributed by atoms with Gasteiger partial charge in [0.15, 0.2) is 0 Å². The van der Waals surface area contributed by atoms with Gasteiger partial charge in [-0.05, 0) is 37.6 Å². The summed E-state index contributed by atoms with van der Waals surface area (Å²) in [5.41, 5.74) is 3.32. The molecule has 1 aromatic carbocycles. The summed E-state index contributed by atoms with van der Waals surface area (Å²) in [6.07, 6.45) is 4.13. The Morgan fingerprint density at radius 2 is 2.32 bits per heavy atom. The molecule has 0 spiro atoms. The third-order valence-electron chi connectivity index (χ3n) is 3.74. The molecule has 4 nitrogen and oxygen atoms in total. The van der Waals surface area contributed by atoms with Gasteiger partial charge in [-0.25, -0.2) is 0 Å². The number of carboxylic acid groups (broad SMARTS) is 1. The average Bonchev–Trinajstić information content (AvgIpc) is 2.70. The van der Waals surface area contributed by atoms with Crippen molar-refractivity contribution < 1.29 is 9.90 Å². The summed E-state index contributed by atoms with van der Waals surface area (Å²) >= 11 is 3.52. The van der Waals surface area contributed by atoms with Gasteiger partial charge in [-0.2, -0.15) is 0 Å². The Morgan fingerprint density at radius 3 is 3.00 bits per heavy atom. The van der Waals surface area contributed by atoms with E-state index in [0.29, 0.717) is 0 Å². The Hall–Kier alpha value is -1.33. The number of halogens is 1. The highest BCUT2D eigenvalue weighted by molar-refractivity contribution is 9.10. The maximum atomic E-state index is 11.4. The lowest BCUT2D eigenvalue weighted by atomic mass is 10.0. The van der Waals surface area contributed by atoms with Gasteiger partial charge in [-0.1, -0.05) is 15.9 Å². The van der Waals surface area contributed by atoms with Crippen LogP contribution in [0.4, 0.5) is 0 Å². The quantitative estimate of drug-likeness (QED) is 0.913. The van der Waals surface area contributed by atoms with Crippen molar-refractivity contribution in [3.63, 3.8) is 0 Å². The summed E-state index contributed by atoms with van der Waals surface area (Å²) in [4.78, 5) is 11.4. The number of nitrogens with one attached hydrogen (secondary N) is 1. The number of rotatable bonds is 3. The highest BCUT2D eigenvalue weighted by Crippen LogP contribution is 2.35. The molecule has 19 heavy (non-hydrogen) atoms. The van der Waals surface area contributed by atoms with E-state index in [9.17, 15) is 9.90 Å². The van der Waals surface area contributed by atoms with Gasteiger partial charge in [0.1, 0.15) is 6.04 Å². The number of hydrogen-bond donors (Lipinski definition) is 2. The summed E-state index contributed by atoms with van der Waals surface area (Å²) in [5, 5.41) is 13.3. The van der Waals surface area contributed by atoms with E-state index in [0.717, 1.165) is 34.8 Å². The molecule has 0 amide bonds. The molecule has 1 aromatic heterocycles. The minimum atomic E-state index is -0.845. The van der Waals surface area contributed by atoms with Gasteiger partial charge in [0.25, 0.3) is 0 Å². The van der Waals surface area contributed by atoms with E-state index < -0.39 is 12.0 Å². The van der Waals surface area contributed by atoms with Crippen LogP contribution in [0.15, 0.2) is 22.8 Å². The van der Waals surface area contributed by atoms with Gasteiger partial charge in [0.05, 0.1) is 5.52 Å². The van der Waals surface area contributed by atoms with Gasteiger partial charge >= 0.3 is 5.97 Å². The fourth-order valence-corrected chi connectivity index (χ4v) is 3.47. The Kier molecular flexibility index (Phi) is 3.11. The molecule has 2 heterocycles. The molecule has 100 valence electrons. The number of aromatic nitrogens is 1. The summed E-state index contributed by atoms with van der Waals surface area (Å²) in [5.74, 6) is -0.845. The molecular formula is C14H15BrN2O2. The zero-order valence-corrected chi connectivity index (χ0v) is 12.2. The van der Waals surface area contributed by atoms with Crippen LogP contribution in [0.25, 0.3) is 10.9 Å². The Balaban J connectivity index is 2.30. The highest BCUT2D eigenvalue weighted by atomic mass is 79.9. The zero-order chi connectivity index (χ0) is 13.6. The van der Waals surface area contributed by atoms with E-state index in [-0.39, 0.29) is 0 Å². The van der Waals surface area contributed by atoms with Gasteiger partial charge < -0.3 is 15.0 Å². The molecule has 0 saturated heterocycles. The largest absolute Gasteiger partial charge is 0.480 e. The van der Waals surface area contributed by atoms with Crippen LogP contribution in [0.1, 0.15) is 23.6 Å². The summed E-state index contributed by atoms with van der Waals surface area (Å²) in [7, 11) is 1.68. The predicted molar refractivity (Wildman–Crippen MR) is 77.4 cm³/mol. The van der Waals surface area contributed by atoms with E-state index in [1.807, 2.05) is 12.3 Å². The smallest absolute Gasteiger partial charge is 0.325 e. The molecular weight excluding hydrogens is 308 g/mol. The lowest BCUT2D eigenvalue weighted by molar-refractivity contribution is -0.139. The molecule has 5 heteroatoms. The molecule has 0 bridgehead atoms. The molecule has 0 saturated carbocycles. The molecule has 0 radical (unpaired) electrons. The number of likely N-dealkylation sites (N-methyl/N-ethyl adjacent to an activating group) is 1. The number of benzene rings is 1. The molecule has 3 rings (SSSR count). The molecule has 0 fully saturated rings. The summed E-state index contributed by atoms with van der Waals surface area (Å²) < 4.78 is 3.19. The van der Waals surface area contributed by atoms with Gasteiger partial charge in [0.2, 0.25) is 0 Å². The Bertz CT molecular complexity index is 663. The van der Waals surface area contributed by atoms with Crippen LogP contribution in [0.5, 0.6) is 0 Å². The Morgan fingerprint density at radius 1 is 1.53 bits per heavy atom. The first-order valence-electron chi connectivity index (χ1n) is 6.33. The number of aliphatic carboxylic acids is 1. The van der Waals surface area contributed by atoms with E-state index in [1.54, 1.807) is 7.05 Å². The fourth-order valence-electron chi connectivity index (χ4n) is 2.97. The number of nitrogens with zero attached hydrogens (tertiary/aromatic N) is 1. The van der Waals surface area contributed by atoms with Crippen LogP contribution < -0.4 is 5.32 Å². The van der Waals surface area contributed by atoms with Crippen molar-refractivity contribution in [1.82, 2.24) is 9.88 Å². The minimum absolute atomic E-state index is 0.663. The predicted octanol–water partition coefficient (Wildman–Crippen LogP) is 2.70. The number of hydrogen-bond acceptors (Lipinski definition) is 2. The Labute approximate surface area is 119 Å². The second-order valence-corrected chi connectivity index (χ2v) is 5.82. The van der Waals surface area contributed by atoms with Crippen molar-refractivity contribution in [2.75, 3.05) is 7.05 Å². The van der Waals surface area contributed by atoms with Crippen molar-refractivity contribution in [2.45, 2.75) is 25.4 Å². The fraction of sp³-hybridized carbons (Fsp3) is 0.357. The average molecular weight is 323 g/mol. The lowest BCUT2D eigenvalue weighted by Gasteiger charge is -2.15. The van der Waals surface area contributed by atoms with Gasteiger partial charge in [-0.15, -0.1) is 0 Å². The lowest BCUT2D eigenvalue weighted by Crippen LogP contribution is -2.24. The van der Waals surface area contributed by atoms with E-state index >= 15 is 0 Å². The van der Waals surface area contributed by atoms with Crippen LogP contribution in [0, 0.1) is 0 Å². The first kappa shape index (κ1) is 12.7. The van der Waals surface area contributed by atoms with Crippen molar-refractivity contribution in [1.29, 1.82) is 0 Å². The first-order valence-corrected chi connectivity index (χ1v) is 7.12. The first-order chi connectivity index (χ1) is 9.11. The number of carbonyl (C=O) groups is 1. The van der Waals surface area contributed by atoms with Crippen LogP contribution in [-0.2, 0) is 17.8 Å². The van der Waals surface area contributed by atoms with Crippen LogP contribution in [-0.4, -0.2) is 22.7 Å². The molecule has 1 aliphatic heterocycles. The van der Waals surface area contributed by atoms with Crippen molar-refractivity contribution >= 4 is 32.8 Å². The normalized spacial score (nSPS) is 15.7. The monoisotopic (exact) mass is 322 g/mol. The maximum absolute atomic E-state index is 11.4. The topological polar surface area (TPSA) is 54.3 Å². The number of aryl methyl sites for hydroxylation is 2. The molecule has 1 atom stereocenters. The highest BCUT2D eigenvalue weighted by Gasteiger charge is 2.25. The molecule has 2 aromatic rings. The van der Waals surface area contributed by atoms with Crippen molar-refractivity contribution in [3.05, 3.63) is 33.9 Å². The van der Waals surface area contributed by atoms with Crippen molar-refractivity contribution in [2.24, 2.45) is 0 Å². The van der Waals surface area contributed by atoms with Crippen LogP contribution >= 0.6 is 15.9 Å². The summed E-state index contributed by atoms with van der Waals surface area (Å²) in [6, 6.07) is 3.49. The van der Waals surface area contributed by atoms with Crippen molar-refractivity contribution in [3.8, 4) is 0 Å². The SMILES string of the molecule is CNC(C(=O)O)c1cn2c3c(cc(Br)cc13)CCC2. The minimum Gasteiger partial charge on any atom is -0.480 e. The third-order valence-corrected chi connectivity index (χ3v) is 4.20. The molecule has 0 aliphatic carbocycles. The van der Waals surface area contributed by atoms with E-state index in [1.165, 1.54) is 11.1 Å². The number of carboxylic acids is 1. The van der Waals surface area contributed by atoms with E-state index in [2.05, 4.69) is 31.9 Å². The summed E-state index contributed by atoms with van der Waals surface area (Å²) in [6.45, 7) is 0.960. The molecule has 1 aliphatic rings. The van der Waals surface area contributed by atoms with Gasteiger partial charge in [-0.3, -0.25) is 4.79 Å². The molecule has 2 N–H and O–H groups in total.